The van der Waals surface area contributed by atoms with E-state index in [1.165, 1.54) is 27.7 Å². The van der Waals surface area contributed by atoms with E-state index in [0.717, 1.165) is 0 Å². The number of unbranched alkanes of at least 4 members (excludes halogenated alkanes) is 4. The van der Waals surface area contributed by atoms with Gasteiger partial charge < -0.3 is 65.5 Å². The van der Waals surface area contributed by atoms with Gasteiger partial charge >= 0.3 is 0 Å². The zero-order valence-corrected chi connectivity index (χ0v) is 33.5. The van der Waals surface area contributed by atoms with Gasteiger partial charge in [-0.05, 0) is 131 Å². The first-order valence-electron chi connectivity index (χ1n) is 19.8. The minimum atomic E-state index is -1.15. The fraction of sp³-hybridized carbons (Fsp3) is 0.778. The highest BCUT2D eigenvalue weighted by Crippen LogP contribution is 2.08. The number of carbonyl (C=O) groups excluding carboxylic acids is 8. The van der Waals surface area contributed by atoms with Crippen LogP contribution in [0.25, 0.3) is 0 Å². The van der Waals surface area contributed by atoms with Crippen LogP contribution in [0.1, 0.15) is 105 Å². The van der Waals surface area contributed by atoms with E-state index >= 15 is 0 Å². The van der Waals surface area contributed by atoms with Crippen molar-refractivity contribution in [3.05, 3.63) is 0 Å². The predicted molar refractivity (Wildman–Crippen MR) is 210 cm³/mol. The van der Waals surface area contributed by atoms with E-state index in [9.17, 15) is 38.4 Å². The third-order valence-electron chi connectivity index (χ3n) is 9.33. The molecule has 0 spiro atoms. The first-order valence-corrected chi connectivity index (χ1v) is 19.8. The van der Waals surface area contributed by atoms with Gasteiger partial charge in [-0.3, -0.25) is 38.4 Å². The largest absolute Gasteiger partial charge is 0.343 e. The Bertz CT molecular complexity index is 1110. The maximum absolute atomic E-state index is 13.5. The molecule has 0 bridgehead atoms. The van der Waals surface area contributed by atoms with Gasteiger partial charge in [-0.2, -0.15) is 0 Å². The van der Waals surface area contributed by atoms with Crippen molar-refractivity contribution in [3.8, 4) is 0 Å². The summed E-state index contributed by atoms with van der Waals surface area (Å²) in [5.41, 5.74) is 22.6. The SMILES string of the molecule is C[C@@H]1NC(=O)[C@H](CCCCN)NC(=O)[C@H](C)NC(=O)[C@H](CCCCN)NC(=O)[C@H](C)NC(=O)[C@H](CCCCN)NC(=O)[C@H](C)NC(=O)[C@H](CCCCN)NC1=O. The number of amides is 8. The molecule has 320 valence electrons. The van der Waals surface area contributed by atoms with E-state index in [2.05, 4.69) is 42.5 Å². The lowest BCUT2D eigenvalue weighted by molar-refractivity contribution is -0.136. The van der Waals surface area contributed by atoms with Crippen molar-refractivity contribution in [2.45, 2.75) is 153 Å². The number of nitrogens with one attached hydrogen (secondary N) is 8. The average Bonchev–Trinajstić information content (AvgIpc) is 3.15. The maximum Gasteiger partial charge on any atom is 0.243 e. The summed E-state index contributed by atoms with van der Waals surface area (Å²) in [6, 6.07) is -9.06. The Morgan fingerprint density at radius 2 is 0.482 bits per heavy atom. The molecule has 1 heterocycles. The summed E-state index contributed by atoms with van der Waals surface area (Å²) in [6.45, 7) is 7.04. The van der Waals surface area contributed by atoms with Crippen molar-refractivity contribution in [1.82, 2.24) is 42.5 Å². The van der Waals surface area contributed by atoms with E-state index in [1.54, 1.807) is 0 Å². The average molecular weight is 797 g/mol. The Hall–Kier alpha value is -4.40. The molecule has 0 aromatic heterocycles. The van der Waals surface area contributed by atoms with Gasteiger partial charge in [0.25, 0.3) is 0 Å². The maximum atomic E-state index is 13.5. The van der Waals surface area contributed by atoms with E-state index in [1.807, 2.05) is 0 Å². The predicted octanol–water partition coefficient (Wildman–Crippen LogP) is -3.53. The molecule has 0 aromatic rings. The second-order valence-corrected chi connectivity index (χ2v) is 14.3. The highest BCUT2D eigenvalue weighted by atomic mass is 16.2. The molecular formula is C36H68N12O8. The highest BCUT2D eigenvalue weighted by molar-refractivity contribution is 5.98. The lowest BCUT2D eigenvalue weighted by Crippen LogP contribution is -2.60. The Balaban J connectivity index is 3.55. The van der Waals surface area contributed by atoms with Crippen LogP contribution in [0.15, 0.2) is 0 Å². The molecule has 0 unspecified atom stereocenters. The smallest absolute Gasteiger partial charge is 0.243 e. The quantitative estimate of drug-likeness (QED) is 0.0677. The molecule has 8 atom stereocenters. The molecule has 0 radical (unpaired) electrons. The molecule has 0 aromatic carbocycles. The molecule has 0 aliphatic carbocycles. The van der Waals surface area contributed by atoms with Gasteiger partial charge in [0.05, 0.1) is 0 Å². The first-order chi connectivity index (χ1) is 26.6. The number of hydrogen-bond acceptors (Lipinski definition) is 12. The molecule has 16 N–H and O–H groups in total. The molecule has 1 aliphatic rings. The minimum Gasteiger partial charge on any atom is -0.343 e. The summed E-state index contributed by atoms with van der Waals surface area (Å²) in [5, 5.41) is 20.9. The Morgan fingerprint density at radius 3 is 0.643 bits per heavy atom. The van der Waals surface area contributed by atoms with Gasteiger partial charge in [0.15, 0.2) is 0 Å². The van der Waals surface area contributed by atoms with Crippen molar-refractivity contribution < 1.29 is 38.4 Å². The molecule has 20 nitrogen and oxygen atoms in total. The van der Waals surface area contributed by atoms with Crippen LogP contribution in [0.3, 0.4) is 0 Å². The van der Waals surface area contributed by atoms with Gasteiger partial charge in [-0.1, -0.05) is 0 Å². The summed E-state index contributed by atoms with van der Waals surface area (Å²) in [7, 11) is 0. The molecule has 1 saturated heterocycles. The van der Waals surface area contributed by atoms with E-state index in [0.29, 0.717) is 77.5 Å². The van der Waals surface area contributed by atoms with Crippen LogP contribution >= 0.6 is 0 Å². The van der Waals surface area contributed by atoms with Crippen LogP contribution in [0.4, 0.5) is 0 Å². The molecule has 8 amide bonds. The van der Waals surface area contributed by atoms with E-state index in [4.69, 9.17) is 22.9 Å². The fourth-order valence-electron chi connectivity index (χ4n) is 5.75. The van der Waals surface area contributed by atoms with Crippen LogP contribution in [0.5, 0.6) is 0 Å². The van der Waals surface area contributed by atoms with Crippen molar-refractivity contribution in [3.63, 3.8) is 0 Å². The van der Waals surface area contributed by atoms with Crippen molar-refractivity contribution in [2.75, 3.05) is 26.2 Å². The van der Waals surface area contributed by atoms with Crippen LogP contribution in [0, 0.1) is 0 Å². The van der Waals surface area contributed by atoms with Crippen LogP contribution in [-0.4, -0.2) is 122 Å². The van der Waals surface area contributed by atoms with Crippen molar-refractivity contribution >= 4 is 47.3 Å². The molecule has 1 aliphatic heterocycles. The molecule has 0 saturated carbocycles. The Labute approximate surface area is 330 Å². The van der Waals surface area contributed by atoms with Gasteiger partial charge in [-0.25, -0.2) is 0 Å². The van der Waals surface area contributed by atoms with Gasteiger partial charge in [0.2, 0.25) is 47.3 Å². The van der Waals surface area contributed by atoms with Gasteiger partial charge in [-0.15, -0.1) is 0 Å². The number of carbonyl (C=O) groups is 8. The fourth-order valence-corrected chi connectivity index (χ4v) is 5.75. The topological polar surface area (TPSA) is 337 Å². The summed E-state index contributed by atoms with van der Waals surface area (Å²) >= 11 is 0. The normalized spacial score (nSPS) is 27.0. The summed E-state index contributed by atoms with van der Waals surface area (Å²) in [5.74, 6) is -5.49. The zero-order valence-electron chi connectivity index (χ0n) is 33.5. The summed E-state index contributed by atoms with van der Waals surface area (Å²) in [4.78, 5) is 107. The molecule has 20 heteroatoms. The molecule has 56 heavy (non-hydrogen) atoms. The third-order valence-corrected chi connectivity index (χ3v) is 9.33. The molecule has 1 fully saturated rings. The highest BCUT2D eigenvalue weighted by Gasteiger charge is 2.33. The number of nitrogens with two attached hydrogens (primary N) is 4. The number of hydrogen-bond donors (Lipinski definition) is 12. The first kappa shape index (κ1) is 49.6. The van der Waals surface area contributed by atoms with E-state index in [-0.39, 0.29) is 25.7 Å². The second kappa shape index (κ2) is 27.2. The summed E-state index contributed by atoms with van der Waals surface area (Å²) in [6.07, 6.45) is 4.73. The third kappa shape index (κ3) is 18.5. The van der Waals surface area contributed by atoms with Gasteiger partial charge in [0.1, 0.15) is 48.3 Å². The Morgan fingerprint density at radius 1 is 0.304 bits per heavy atom. The lowest BCUT2D eigenvalue weighted by Gasteiger charge is -2.27. The number of rotatable bonds is 16. The molecular weight excluding hydrogens is 728 g/mol. The molecule has 1 rings (SSSR count). The van der Waals surface area contributed by atoms with Crippen LogP contribution in [0.2, 0.25) is 0 Å². The van der Waals surface area contributed by atoms with Crippen LogP contribution < -0.4 is 65.5 Å². The van der Waals surface area contributed by atoms with E-state index < -0.39 is 95.6 Å². The lowest BCUT2D eigenvalue weighted by atomic mass is 10.1. The monoisotopic (exact) mass is 797 g/mol. The zero-order chi connectivity index (χ0) is 42.2. The standard InChI is InChI=1S/C36H68N12O8/c1-21-29(49)45-26(14-6-10-18-38)34(54)42-23(3)31(51)47-28(16-8-12-20-40)36(56)44-24(4)32(52)48-27(15-7-11-19-39)35(55)43-22(2)30(50)46-25(33(53)41-21)13-5-9-17-37/h21-28H,5-20,37-40H2,1-4H3,(H,41,53)(H,42,54)(H,43,55)(H,44,56)(H,45,49)(H,46,50)(H,47,51)(H,48,52)/t21-,22-,23-,24-,25-,26-,27-,28-/m0/s1. The van der Waals surface area contributed by atoms with Crippen molar-refractivity contribution in [1.29, 1.82) is 0 Å². The minimum absolute atomic E-state index is 0.170. The van der Waals surface area contributed by atoms with Gasteiger partial charge in [0, 0.05) is 0 Å². The Kier molecular flexibility index (Phi) is 24.1. The van der Waals surface area contributed by atoms with Crippen molar-refractivity contribution in [2.24, 2.45) is 22.9 Å². The second-order valence-electron chi connectivity index (χ2n) is 14.3. The van der Waals surface area contributed by atoms with Crippen LogP contribution in [-0.2, 0) is 38.4 Å². The summed E-state index contributed by atoms with van der Waals surface area (Å²) < 4.78 is 0.